The maximum atomic E-state index is 8.59. The first-order valence-electron chi connectivity index (χ1n) is 3.99. The highest BCUT2D eigenvalue weighted by molar-refractivity contribution is 5.61. The van der Waals surface area contributed by atoms with Gasteiger partial charge in [-0.3, -0.25) is 0 Å². The molecule has 0 fully saturated rings. The zero-order chi connectivity index (χ0) is 9.68. The van der Waals surface area contributed by atoms with Gasteiger partial charge < -0.3 is 15.6 Å². The van der Waals surface area contributed by atoms with E-state index in [-0.39, 0.29) is 6.61 Å². The van der Waals surface area contributed by atoms with Gasteiger partial charge in [0.05, 0.1) is 13.7 Å². The second kappa shape index (κ2) is 4.52. The molecule has 0 unspecified atom stereocenters. The Morgan fingerprint density at radius 3 is 2.92 bits per heavy atom. The maximum absolute atomic E-state index is 8.59. The molecule has 1 aromatic rings. The summed E-state index contributed by atoms with van der Waals surface area (Å²) in [7, 11) is 1.59. The van der Waals surface area contributed by atoms with Crippen LogP contribution in [0, 0.1) is 0 Å². The van der Waals surface area contributed by atoms with E-state index in [1.807, 2.05) is 6.07 Å². The first-order chi connectivity index (χ1) is 6.27. The van der Waals surface area contributed by atoms with E-state index < -0.39 is 0 Å². The smallest absolute Gasteiger partial charge is 0.128 e. The predicted molar refractivity (Wildman–Crippen MR) is 53.5 cm³/mol. The lowest BCUT2D eigenvalue weighted by molar-refractivity contribution is 0.343. The van der Waals surface area contributed by atoms with E-state index >= 15 is 0 Å². The van der Waals surface area contributed by atoms with Crippen molar-refractivity contribution in [2.45, 2.75) is 0 Å². The molecular formula is C10H13NO2. The summed E-state index contributed by atoms with van der Waals surface area (Å²) in [5.41, 5.74) is 7.15. The third-order valence-electron chi connectivity index (χ3n) is 1.66. The fourth-order valence-corrected chi connectivity index (χ4v) is 1.05. The minimum absolute atomic E-state index is 0.0214. The number of rotatable bonds is 3. The topological polar surface area (TPSA) is 55.5 Å². The number of nitrogen functional groups attached to an aromatic ring is 1. The number of ether oxygens (including phenoxy) is 1. The number of benzene rings is 1. The molecule has 0 aliphatic rings. The molecule has 0 amide bonds. The summed E-state index contributed by atoms with van der Waals surface area (Å²) < 4.78 is 5.11. The summed E-state index contributed by atoms with van der Waals surface area (Å²) in [4.78, 5) is 0. The number of methoxy groups -OCH3 is 1. The first-order valence-corrected chi connectivity index (χ1v) is 3.99. The van der Waals surface area contributed by atoms with E-state index in [1.54, 1.807) is 31.4 Å². The molecule has 0 spiro atoms. The van der Waals surface area contributed by atoms with Crippen LogP contribution in [0.1, 0.15) is 5.56 Å². The summed E-state index contributed by atoms with van der Waals surface area (Å²) in [5, 5.41) is 8.59. The van der Waals surface area contributed by atoms with Gasteiger partial charge in [0.1, 0.15) is 5.75 Å². The van der Waals surface area contributed by atoms with Gasteiger partial charge >= 0.3 is 0 Å². The van der Waals surface area contributed by atoms with Crippen LogP contribution < -0.4 is 10.5 Å². The molecule has 0 aromatic heterocycles. The van der Waals surface area contributed by atoms with Crippen molar-refractivity contribution in [2.24, 2.45) is 0 Å². The predicted octanol–water partition coefficient (Wildman–Crippen LogP) is 1.28. The van der Waals surface area contributed by atoms with E-state index in [1.165, 1.54) is 0 Å². The van der Waals surface area contributed by atoms with Crippen molar-refractivity contribution in [3.63, 3.8) is 0 Å². The van der Waals surface area contributed by atoms with Gasteiger partial charge in [-0.2, -0.15) is 0 Å². The van der Waals surface area contributed by atoms with E-state index in [9.17, 15) is 0 Å². The van der Waals surface area contributed by atoms with Crippen LogP contribution in [0.3, 0.4) is 0 Å². The molecule has 3 heteroatoms. The fourth-order valence-electron chi connectivity index (χ4n) is 1.05. The standard InChI is InChI=1S/C10H13NO2/c1-13-10-7-9(11)5-4-8(10)3-2-6-12/h2-5,7,12H,6,11H2,1H3. The van der Waals surface area contributed by atoms with Gasteiger partial charge in [0.2, 0.25) is 0 Å². The van der Waals surface area contributed by atoms with Crippen molar-refractivity contribution in [2.75, 3.05) is 19.5 Å². The summed E-state index contributed by atoms with van der Waals surface area (Å²) >= 11 is 0. The number of hydrogen-bond acceptors (Lipinski definition) is 3. The average molecular weight is 179 g/mol. The van der Waals surface area contributed by atoms with Gasteiger partial charge in [-0.15, -0.1) is 0 Å². The van der Waals surface area contributed by atoms with Crippen LogP contribution in [-0.2, 0) is 0 Å². The highest BCUT2D eigenvalue weighted by Gasteiger charge is 1.98. The van der Waals surface area contributed by atoms with Crippen LogP contribution in [0.5, 0.6) is 5.75 Å². The lowest BCUT2D eigenvalue weighted by Gasteiger charge is -2.04. The number of nitrogens with two attached hydrogens (primary N) is 1. The van der Waals surface area contributed by atoms with Gasteiger partial charge in [-0.05, 0) is 12.1 Å². The largest absolute Gasteiger partial charge is 0.496 e. The SMILES string of the molecule is COc1cc(N)ccc1C=CCO. The Morgan fingerprint density at radius 2 is 2.31 bits per heavy atom. The molecule has 0 aliphatic heterocycles. The molecule has 0 heterocycles. The molecule has 70 valence electrons. The number of hydrogen-bond donors (Lipinski definition) is 2. The average Bonchev–Trinajstić information content (AvgIpc) is 2.16. The Bertz CT molecular complexity index is 308. The zero-order valence-electron chi connectivity index (χ0n) is 7.53. The van der Waals surface area contributed by atoms with E-state index in [0.29, 0.717) is 11.4 Å². The molecule has 13 heavy (non-hydrogen) atoms. The third kappa shape index (κ3) is 2.49. The Hall–Kier alpha value is -1.48. The molecule has 0 atom stereocenters. The second-order valence-corrected chi connectivity index (χ2v) is 2.59. The van der Waals surface area contributed by atoms with E-state index in [4.69, 9.17) is 15.6 Å². The Labute approximate surface area is 77.4 Å². The highest BCUT2D eigenvalue weighted by Crippen LogP contribution is 2.22. The van der Waals surface area contributed by atoms with Gasteiger partial charge in [0.15, 0.2) is 0 Å². The van der Waals surface area contributed by atoms with E-state index in [2.05, 4.69) is 0 Å². The number of aliphatic hydroxyl groups is 1. The number of aliphatic hydroxyl groups excluding tert-OH is 1. The van der Waals surface area contributed by atoms with Gasteiger partial charge in [-0.25, -0.2) is 0 Å². The molecule has 0 saturated carbocycles. The molecular weight excluding hydrogens is 166 g/mol. The van der Waals surface area contributed by atoms with Crippen LogP contribution in [0.4, 0.5) is 5.69 Å². The second-order valence-electron chi connectivity index (χ2n) is 2.59. The molecule has 0 radical (unpaired) electrons. The molecule has 0 aliphatic carbocycles. The molecule has 1 aromatic carbocycles. The molecule has 3 N–H and O–H groups in total. The van der Waals surface area contributed by atoms with Crippen LogP contribution >= 0.6 is 0 Å². The van der Waals surface area contributed by atoms with Crippen LogP contribution in [-0.4, -0.2) is 18.8 Å². The minimum atomic E-state index is 0.0214. The first kappa shape index (κ1) is 9.61. The van der Waals surface area contributed by atoms with Gasteiger partial charge in [-0.1, -0.05) is 12.2 Å². The van der Waals surface area contributed by atoms with Crippen molar-refractivity contribution >= 4 is 11.8 Å². The van der Waals surface area contributed by atoms with Crippen LogP contribution in [0.25, 0.3) is 6.08 Å². The van der Waals surface area contributed by atoms with Crippen molar-refractivity contribution in [1.82, 2.24) is 0 Å². The minimum Gasteiger partial charge on any atom is -0.496 e. The van der Waals surface area contributed by atoms with Crippen molar-refractivity contribution in [1.29, 1.82) is 0 Å². The Kier molecular flexibility index (Phi) is 3.34. The molecule has 0 bridgehead atoms. The lowest BCUT2D eigenvalue weighted by Crippen LogP contribution is -1.90. The Morgan fingerprint density at radius 1 is 1.54 bits per heavy atom. The lowest BCUT2D eigenvalue weighted by atomic mass is 10.1. The maximum Gasteiger partial charge on any atom is 0.128 e. The van der Waals surface area contributed by atoms with Crippen molar-refractivity contribution in [3.8, 4) is 5.75 Å². The third-order valence-corrected chi connectivity index (χ3v) is 1.66. The zero-order valence-corrected chi connectivity index (χ0v) is 7.53. The summed E-state index contributed by atoms with van der Waals surface area (Å²) in [5.74, 6) is 0.713. The molecule has 3 nitrogen and oxygen atoms in total. The Balaban J connectivity index is 2.99. The van der Waals surface area contributed by atoms with Crippen LogP contribution in [0.15, 0.2) is 24.3 Å². The molecule has 0 saturated heterocycles. The van der Waals surface area contributed by atoms with Crippen LogP contribution in [0.2, 0.25) is 0 Å². The molecule has 1 rings (SSSR count). The van der Waals surface area contributed by atoms with Crippen molar-refractivity contribution < 1.29 is 9.84 Å². The van der Waals surface area contributed by atoms with Gasteiger partial charge in [0, 0.05) is 17.3 Å². The monoisotopic (exact) mass is 179 g/mol. The van der Waals surface area contributed by atoms with E-state index in [0.717, 1.165) is 5.56 Å². The van der Waals surface area contributed by atoms with Crippen molar-refractivity contribution in [3.05, 3.63) is 29.8 Å². The summed E-state index contributed by atoms with van der Waals surface area (Å²) in [6.07, 6.45) is 3.44. The van der Waals surface area contributed by atoms with Gasteiger partial charge in [0.25, 0.3) is 0 Å². The highest BCUT2D eigenvalue weighted by atomic mass is 16.5. The normalized spacial score (nSPS) is 10.6. The summed E-state index contributed by atoms with van der Waals surface area (Å²) in [6.45, 7) is 0.0214. The fraction of sp³-hybridized carbons (Fsp3) is 0.200. The number of anilines is 1. The quantitative estimate of drug-likeness (QED) is 0.687. The summed E-state index contributed by atoms with van der Waals surface area (Å²) in [6, 6.07) is 5.39.